The van der Waals surface area contributed by atoms with Gasteiger partial charge >= 0.3 is 0 Å². The number of rotatable bonds is 2. The zero-order chi connectivity index (χ0) is 35.2. The van der Waals surface area contributed by atoms with Gasteiger partial charge in [0.2, 0.25) is 0 Å². The van der Waals surface area contributed by atoms with Crippen LogP contribution in [0.5, 0.6) is 0 Å². The van der Waals surface area contributed by atoms with E-state index in [4.69, 9.17) is 9.97 Å². The Bertz CT molecular complexity index is 1770. The molecule has 2 heterocycles. The van der Waals surface area contributed by atoms with Crippen molar-refractivity contribution in [3.8, 4) is 0 Å². The van der Waals surface area contributed by atoms with Crippen LogP contribution >= 0.6 is 0 Å². The molecule has 0 aliphatic heterocycles. The predicted molar refractivity (Wildman–Crippen MR) is 203 cm³/mol. The Morgan fingerprint density at radius 3 is 1.12 bits per heavy atom. The van der Waals surface area contributed by atoms with Gasteiger partial charge in [0.25, 0.3) is 11.8 Å². The number of aromatic nitrogens is 4. The van der Waals surface area contributed by atoms with Crippen molar-refractivity contribution in [3.05, 3.63) is 70.3 Å². The number of carbonyl (C=O) groups excluding carboxylic acids is 2. The molecule has 0 saturated heterocycles. The maximum absolute atomic E-state index is 12.7. The average molecular weight is 659 g/mol. The number of hydrogen-bond donors (Lipinski definition) is 0. The minimum atomic E-state index is -0.221. The Morgan fingerprint density at radius 1 is 0.500 bits per heavy atom. The molecule has 2 amide bonds. The highest BCUT2D eigenvalue weighted by Gasteiger charge is 2.26. The molecule has 48 heavy (non-hydrogen) atoms. The number of carbonyl (C=O) groups is 2. The van der Waals surface area contributed by atoms with Crippen LogP contribution in [-0.2, 0) is 10.8 Å². The maximum atomic E-state index is 12.7. The van der Waals surface area contributed by atoms with E-state index in [1.165, 1.54) is 0 Å². The minimum Gasteiger partial charge on any atom is -0.337 e. The lowest BCUT2D eigenvalue weighted by atomic mass is 9.90. The number of amides is 2. The lowest BCUT2D eigenvalue weighted by Crippen LogP contribution is -2.42. The van der Waals surface area contributed by atoms with Gasteiger partial charge in [0.1, 0.15) is 0 Å². The van der Waals surface area contributed by atoms with Crippen molar-refractivity contribution in [1.29, 1.82) is 0 Å². The van der Waals surface area contributed by atoms with Crippen molar-refractivity contribution in [2.75, 3.05) is 14.1 Å². The summed E-state index contributed by atoms with van der Waals surface area (Å²) in [5.41, 5.74) is 7.74. The van der Waals surface area contributed by atoms with Gasteiger partial charge in [-0.1, -0.05) is 56.4 Å². The smallest absolute Gasteiger partial charge is 0.254 e. The van der Waals surface area contributed by atoms with Crippen LogP contribution in [0.2, 0.25) is 0 Å². The van der Waals surface area contributed by atoms with Crippen LogP contribution in [0.15, 0.2) is 36.4 Å². The Kier molecular flexibility index (Phi) is 12.9. The SMILES string of the molecule is C.C.Cc1nc2cc(C(=O)N(C)C(C)(C)C)ccc2nc1C(C)(C)C.Cc1nc2ccc(C(=O)N(C)C(C)(C)C)cc2nc1C(C)(C)C. The third kappa shape index (κ3) is 9.57. The van der Waals surface area contributed by atoms with Gasteiger partial charge in [-0.15, -0.1) is 0 Å². The summed E-state index contributed by atoms with van der Waals surface area (Å²) in [7, 11) is 3.65. The normalized spacial score (nSPS) is 12.0. The molecule has 264 valence electrons. The van der Waals surface area contributed by atoms with Crippen molar-refractivity contribution < 1.29 is 9.59 Å². The van der Waals surface area contributed by atoms with Crippen LogP contribution in [-0.4, -0.2) is 66.7 Å². The second kappa shape index (κ2) is 14.7. The number of fused-ring (bicyclic) bond motifs is 2. The monoisotopic (exact) mass is 658 g/mol. The van der Waals surface area contributed by atoms with Crippen molar-refractivity contribution in [3.63, 3.8) is 0 Å². The van der Waals surface area contributed by atoms with Gasteiger partial charge in [-0.2, -0.15) is 0 Å². The lowest BCUT2D eigenvalue weighted by Gasteiger charge is -2.32. The Balaban J connectivity index is 0.000000461. The zero-order valence-corrected chi connectivity index (χ0v) is 31.0. The lowest BCUT2D eigenvalue weighted by molar-refractivity contribution is 0.0647. The fourth-order valence-electron chi connectivity index (χ4n) is 4.97. The summed E-state index contributed by atoms with van der Waals surface area (Å²) in [5, 5.41) is 0. The van der Waals surface area contributed by atoms with Gasteiger partial charge in [0.05, 0.1) is 44.8 Å². The van der Waals surface area contributed by atoms with Crippen LogP contribution in [0.4, 0.5) is 0 Å². The Hall–Kier alpha value is -3.94. The van der Waals surface area contributed by atoms with E-state index in [0.717, 1.165) is 44.8 Å². The highest BCUT2D eigenvalue weighted by molar-refractivity contribution is 5.98. The fourth-order valence-corrected chi connectivity index (χ4v) is 4.97. The third-order valence-corrected chi connectivity index (χ3v) is 8.21. The highest BCUT2D eigenvalue weighted by atomic mass is 16.2. The zero-order valence-electron chi connectivity index (χ0n) is 31.0. The van der Waals surface area contributed by atoms with Crippen LogP contribution in [0, 0.1) is 13.8 Å². The topological polar surface area (TPSA) is 92.2 Å². The van der Waals surface area contributed by atoms with Crippen LogP contribution < -0.4 is 0 Å². The molecule has 4 aromatic rings. The van der Waals surface area contributed by atoms with Gasteiger partial charge in [-0.05, 0) is 91.8 Å². The van der Waals surface area contributed by atoms with Crippen molar-refractivity contribution in [1.82, 2.24) is 29.7 Å². The summed E-state index contributed by atoms with van der Waals surface area (Å²) < 4.78 is 0. The summed E-state index contributed by atoms with van der Waals surface area (Å²) in [6.07, 6.45) is 0. The van der Waals surface area contributed by atoms with Gasteiger partial charge in [0.15, 0.2) is 0 Å². The average Bonchev–Trinajstić information content (AvgIpc) is 2.92. The molecular weight excluding hydrogens is 596 g/mol. The summed E-state index contributed by atoms with van der Waals surface area (Å²) in [5.74, 6) is -0.00200. The molecule has 0 unspecified atom stereocenters. The first-order valence-corrected chi connectivity index (χ1v) is 16.0. The molecule has 2 aromatic heterocycles. The first kappa shape index (κ1) is 42.1. The van der Waals surface area contributed by atoms with E-state index in [9.17, 15) is 9.59 Å². The van der Waals surface area contributed by atoms with Crippen molar-refractivity contribution >= 4 is 33.9 Å². The minimum absolute atomic E-state index is 0. The van der Waals surface area contributed by atoms with E-state index in [1.54, 1.807) is 9.80 Å². The summed E-state index contributed by atoms with van der Waals surface area (Å²) in [6.45, 7) is 28.8. The molecule has 0 aliphatic rings. The molecule has 0 fully saturated rings. The summed E-state index contributed by atoms with van der Waals surface area (Å²) >= 11 is 0. The molecule has 2 aromatic carbocycles. The second-order valence-electron chi connectivity index (χ2n) is 16.3. The Labute approximate surface area is 290 Å². The molecule has 4 rings (SSSR count). The van der Waals surface area contributed by atoms with Crippen LogP contribution in [0.3, 0.4) is 0 Å². The molecule has 0 N–H and O–H groups in total. The molecule has 0 atom stereocenters. The quantitative estimate of drug-likeness (QED) is 0.213. The molecule has 0 aliphatic carbocycles. The third-order valence-electron chi connectivity index (χ3n) is 8.21. The van der Waals surface area contributed by atoms with Gasteiger partial charge in [-0.25, -0.2) is 19.9 Å². The van der Waals surface area contributed by atoms with E-state index < -0.39 is 0 Å². The molecule has 0 bridgehead atoms. The van der Waals surface area contributed by atoms with E-state index in [-0.39, 0.29) is 48.6 Å². The fraction of sp³-hybridized carbons (Fsp3) is 0.550. The molecule has 8 nitrogen and oxygen atoms in total. The van der Waals surface area contributed by atoms with Crippen LogP contribution in [0.25, 0.3) is 22.1 Å². The number of hydrogen-bond acceptors (Lipinski definition) is 6. The molecule has 8 heteroatoms. The number of nitrogens with zero attached hydrogens (tertiary/aromatic N) is 6. The first-order chi connectivity index (χ1) is 20.8. The molecule has 0 saturated carbocycles. The van der Waals surface area contributed by atoms with Gasteiger partial charge in [-0.3, -0.25) is 9.59 Å². The van der Waals surface area contributed by atoms with Crippen molar-refractivity contribution in [2.24, 2.45) is 0 Å². The number of benzene rings is 2. The summed E-state index contributed by atoms with van der Waals surface area (Å²) in [4.78, 5) is 47.6. The maximum Gasteiger partial charge on any atom is 0.254 e. The standard InChI is InChI=1S/2C19H27N3O.2CH4/c1-12-16(18(2,3)4)21-14-10-9-13(11-15(14)20-12)17(23)22(8)19(5,6)7;1-12-16(18(2,3)4)21-15-11-13(9-10-14(15)20-12)17(23)22(8)19(5,6)7;;/h2*9-11H,1-8H3;2*1H4. The predicted octanol–water partition coefficient (Wildman–Crippen LogP) is 9.48. The van der Waals surface area contributed by atoms with E-state index in [0.29, 0.717) is 11.1 Å². The van der Waals surface area contributed by atoms with Crippen LogP contribution in [0.1, 0.15) is 141 Å². The highest BCUT2D eigenvalue weighted by Crippen LogP contribution is 2.27. The molecule has 0 radical (unpaired) electrons. The molecular formula is C40H62N6O2. The largest absolute Gasteiger partial charge is 0.337 e. The van der Waals surface area contributed by atoms with E-state index in [2.05, 4.69) is 51.5 Å². The van der Waals surface area contributed by atoms with Gasteiger partial charge in [0, 0.05) is 47.1 Å². The first-order valence-electron chi connectivity index (χ1n) is 16.0. The number of aryl methyl sites for hydroxylation is 2. The second-order valence-corrected chi connectivity index (χ2v) is 16.3. The van der Waals surface area contributed by atoms with E-state index in [1.807, 2.05) is 106 Å². The molecule has 0 spiro atoms. The van der Waals surface area contributed by atoms with Crippen molar-refractivity contribution in [2.45, 2.75) is 134 Å². The van der Waals surface area contributed by atoms with Gasteiger partial charge < -0.3 is 9.80 Å². The van der Waals surface area contributed by atoms with E-state index >= 15 is 0 Å². The Morgan fingerprint density at radius 2 is 0.792 bits per heavy atom. The summed E-state index contributed by atoms with van der Waals surface area (Å²) in [6, 6.07) is 11.1.